The van der Waals surface area contributed by atoms with Crippen LogP contribution in [0.15, 0.2) is 27.8 Å². The smallest absolute Gasteiger partial charge is 0.351 e. The Morgan fingerprint density at radius 1 is 1.35 bits per heavy atom. The number of aromatic nitrogens is 3. The molecule has 2 rings (SSSR count). The minimum absolute atomic E-state index is 0.305. The average Bonchev–Trinajstić information content (AvgIpc) is 2.57. The van der Waals surface area contributed by atoms with E-state index in [0.29, 0.717) is 11.4 Å². The first kappa shape index (κ1) is 11.2. The Morgan fingerprint density at radius 2 is 2.06 bits per heavy atom. The van der Waals surface area contributed by atoms with Gasteiger partial charge in [-0.05, 0) is 24.6 Å². The van der Waals surface area contributed by atoms with Crippen LogP contribution in [0.2, 0.25) is 0 Å². The van der Waals surface area contributed by atoms with Crippen molar-refractivity contribution in [1.82, 2.24) is 14.3 Å². The van der Waals surface area contributed by atoms with E-state index in [2.05, 4.69) is 9.94 Å². The van der Waals surface area contributed by atoms with Gasteiger partial charge in [0.05, 0.1) is 0 Å². The predicted molar refractivity (Wildman–Crippen MR) is 61.2 cm³/mol. The van der Waals surface area contributed by atoms with Crippen molar-refractivity contribution in [3.8, 4) is 11.4 Å². The maximum Gasteiger partial charge on any atom is 0.351 e. The molecule has 3 N–H and O–H groups in total. The zero-order valence-corrected chi connectivity index (χ0v) is 9.43. The van der Waals surface area contributed by atoms with Gasteiger partial charge in [-0.25, -0.2) is 19.3 Å². The third-order valence-corrected chi connectivity index (χ3v) is 2.47. The molecule has 0 saturated carbocycles. The van der Waals surface area contributed by atoms with Crippen LogP contribution in [0.1, 0.15) is 5.56 Å². The molecule has 0 fully saturated rings. The van der Waals surface area contributed by atoms with Crippen LogP contribution < -0.4 is 22.1 Å². The van der Waals surface area contributed by atoms with Crippen molar-refractivity contribution >= 4 is 0 Å². The Morgan fingerprint density at radius 3 is 2.59 bits per heavy atom. The van der Waals surface area contributed by atoms with Gasteiger partial charge < -0.3 is 4.84 Å². The fraction of sp³-hybridized carbons (Fsp3) is 0.200. The van der Waals surface area contributed by atoms with Gasteiger partial charge in [-0.15, -0.1) is 0 Å². The molecule has 1 aromatic heterocycles. The van der Waals surface area contributed by atoms with Crippen LogP contribution in [-0.4, -0.2) is 14.3 Å². The second-order valence-corrected chi connectivity index (χ2v) is 3.68. The Kier molecular flexibility index (Phi) is 2.60. The quantitative estimate of drug-likeness (QED) is 0.682. The highest BCUT2D eigenvalue weighted by molar-refractivity contribution is 5.47. The van der Waals surface area contributed by atoms with E-state index in [0.717, 1.165) is 14.8 Å². The summed E-state index contributed by atoms with van der Waals surface area (Å²) in [5.41, 5.74) is 0.325. The fourth-order valence-corrected chi connectivity index (χ4v) is 1.52. The minimum Gasteiger partial charge on any atom is -0.409 e. The van der Waals surface area contributed by atoms with E-state index in [9.17, 15) is 9.59 Å². The maximum atomic E-state index is 11.8. The van der Waals surface area contributed by atoms with Gasteiger partial charge in [-0.2, -0.15) is 10.6 Å². The summed E-state index contributed by atoms with van der Waals surface area (Å²) in [6, 6.07) is 5.11. The van der Waals surface area contributed by atoms with Crippen LogP contribution >= 0.6 is 0 Å². The number of hydrogen-bond acceptors (Lipinski definition) is 4. The van der Waals surface area contributed by atoms with E-state index < -0.39 is 11.4 Å². The molecule has 0 unspecified atom stereocenters. The molecule has 7 heteroatoms. The molecule has 1 heterocycles. The van der Waals surface area contributed by atoms with Gasteiger partial charge in [0, 0.05) is 7.05 Å². The average molecular weight is 236 g/mol. The number of aromatic amines is 1. The summed E-state index contributed by atoms with van der Waals surface area (Å²) in [6.45, 7) is 1.86. The van der Waals surface area contributed by atoms with Gasteiger partial charge in [0.25, 0.3) is 0 Å². The van der Waals surface area contributed by atoms with Crippen LogP contribution in [0.4, 0.5) is 0 Å². The largest absolute Gasteiger partial charge is 0.409 e. The number of benzene rings is 1. The molecule has 7 nitrogen and oxygen atoms in total. The molecule has 90 valence electrons. The highest BCUT2D eigenvalue weighted by atomic mass is 16.6. The molecular weight excluding hydrogens is 224 g/mol. The van der Waals surface area contributed by atoms with Crippen LogP contribution in [0.3, 0.4) is 0 Å². The number of H-pyrrole nitrogens is 1. The molecule has 2 aromatic rings. The van der Waals surface area contributed by atoms with E-state index in [-0.39, 0.29) is 0 Å². The molecular formula is C10H12N4O3. The summed E-state index contributed by atoms with van der Waals surface area (Å²) in [6.07, 6.45) is 0. The second kappa shape index (κ2) is 3.95. The molecule has 0 aliphatic rings. The van der Waals surface area contributed by atoms with Crippen molar-refractivity contribution in [3.63, 3.8) is 0 Å². The lowest BCUT2D eigenvalue weighted by molar-refractivity contribution is 0.332. The van der Waals surface area contributed by atoms with E-state index in [1.165, 1.54) is 7.05 Å². The van der Waals surface area contributed by atoms with Crippen molar-refractivity contribution in [2.45, 2.75) is 6.92 Å². The van der Waals surface area contributed by atoms with Crippen LogP contribution in [0.5, 0.6) is 5.75 Å². The molecule has 0 atom stereocenters. The summed E-state index contributed by atoms with van der Waals surface area (Å²) < 4.78 is 2.06. The molecule has 0 radical (unpaired) electrons. The summed E-state index contributed by atoms with van der Waals surface area (Å²) >= 11 is 0. The van der Waals surface area contributed by atoms with Crippen molar-refractivity contribution in [2.24, 2.45) is 12.9 Å². The van der Waals surface area contributed by atoms with Gasteiger partial charge in [-0.1, -0.05) is 6.07 Å². The fourth-order valence-electron chi connectivity index (χ4n) is 1.52. The molecule has 0 aliphatic heterocycles. The van der Waals surface area contributed by atoms with Crippen LogP contribution in [0, 0.1) is 6.92 Å². The minimum atomic E-state index is -0.500. The second-order valence-electron chi connectivity index (χ2n) is 3.68. The highest BCUT2D eigenvalue weighted by Gasteiger charge is 2.12. The number of hydrogen-bond donors (Lipinski definition) is 2. The first-order chi connectivity index (χ1) is 8.04. The lowest BCUT2D eigenvalue weighted by Crippen LogP contribution is -2.25. The normalized spacial score (nSPS) is 10.5. The highest BCUT2D eigenvalue weighted by Crippen LogP contribution is 2.20. The summed E-state index contributed by atoms with van der Waals surface area (Å²) in [5.74, 6) is 5.42. The number of nitrogens with two attached hydrogens (primary N) is 1. The molecule has 0 amide bonds. The van der Waals surface area contributed by atoms with Gasteiger partial charge in [0.1, 0.15) is 5.69 Å². The Hall–Kier alpha value is -2.28. The molecule has 0 saturated heterocycles. The lowest BCUT2D eigenvalue weighted by atomic mass is 10.2. The third kappa shape index (κ3) is 1.76. The molecule has 17 heavy (non-hydrogen) atoms. The molecule has 1 aromatic carbocycles. The summed E-state index contributed by atoms with van der Waals surface area (Å²) in [7, 11) is 1.39. The van der Waals surface area contributed by atoms with Gasteiger partial charge in [0.15, 0.2) is 5.75 Å². The standard InChI is InChI=1S/C10H12N4O3/c1-6-3-4-8(17-11)7(5-6)14-10(16)13(2)9(15)12-14/h3-5H,11H2,1-2H3,(H,12,15). The number of nitrogens with one attached hydrogen (secondary N) is 1. The van der Waals surface area contributed by atoms with Gasteiger partial charge in [-0.3, -0.25) is 0 Å². The SMILES string of the molecule is Cc1ccc(ON)c(-n2[nH]c(=O)n(C)c2=O)c1. The van der Waals surface area contributed by atoms with Crippen LogP contribution in [-0.2, 0) is 7.05 Å². The molecule has 0 spiro atoms. The third-order valence-electron chi connectivity index (χ3n) is 2.47. The number of rotatable bonds is 2. The van der Waals surface area contributed by atoms with E-state index in [1.807, 2.05) is 6.92 Å². The number of nitrogens with zero attached hydrogens (tertiary/aromatic N) is 2. The van der Waals surface area contributed by atoms with Crippen molar-refractivity contribution in [2.75, 3.05) is 0 Å². The first-order valence-electron chi connectivity index (χ1n) is 4.90. The topological polar surface area (TPSA) is 95.0 Å². The number of aryl methyl sites for hydroxylation is 1. The monoisotopic (exact) mass is 236 g/mol. The van der Waals surface area contributed by atoms with E-state index in [1.54, 1.807) is 18.2 Å². The van der Waals surface area contributed by atoms with E-state index in [4.69, 9.17) is 5.90 Å². The van der Waals surface area contributed by atoms with Crippen molar-refractivity contribution in [3.05, 3.63) is 44.7 Å². The van der Waals surface area contributed by atoms with Crippen LogP contribution in [0.25, 0.3) is 5.69 Å². The summed E-state index contributed by atoms with van der Waals surface area (Å²) in [4.78, 5) is 27.8. The predicted octanol–water partition coefficient (Wildman–Crippen LogP) is -0.575. The van der Waals surface area contributed by atoms with Gasteiger partial charge in [0.2, 0.25) is 0 Å². The van der Waals surface area contributed by atoms with Gasteiger partial charge >= 0.3 is 11.4 Å². The lowest BCUT2D eigenvalue weighted by Gasteiger charge is -2.07. The Balaban J connectivity index is 2.76. The zero-order valence-electron chi connectivity index (χ0n) is 9.43. The Labute approximate surface area is 96.0 Å². The first-order valence-corrected chi connectivity index (χ1v) is 4.90. The molecule has 0 bridgehead atoms. The van der Waals surface area contributed by atoms with Crippen molar-refractivity contribution < 1.29 is 4.84 Å². The Bertz CT molecular complexity index is 665. The van der Waals surface area contributed by atoms with E-state index >= 15 is 0 Å². The summed E-state index contributed by atoms with van der Waals surface area (Å²) in [5, 5.41) is 2.41. The molecule has 0 aliphatic carbocycles. The maximum absolute atomic E-state index is 11.8. The van der Waals surface area contributed by atoms with Crippen molar-refractivity contribution in [1.29, 1.82) is 0 Å². The zero-order chi connectivity index (χ0) is 12.6.